The molecule has 1 aromatic carbocycles. The average Bonchev–Trinajstić information content (AvgIpc) is 3.28. The second kappa shape index (κ2) is 6.37. The Morgan fingerprint density at radius 2 is 2.15 bits per heavy atom. The Bertz CT molecular complexity index is 567. The van der Waals surface area contributed by atoms with E-state index >= 15 is 0 Å². The summed E-state index contributed by atoms with van der Waals surface area (Å²) in [6.07, 6.45) is 4.55. The first-order valence-electron chi connectivity index (χ1n) is 6.85. The van der Waals surface area contributed by atoms with Crippen molar-refractivity contribution in [1.29, 1.82) is 0 Å². The van der Waals surface area contributed by atoms with Gasteiger partial charge in [0.2, 0.25) is 0 Å². The van der Waals surface area contributed by atoms with Crippen molar-refractivity contribution in [3.8, 4) is 5.75 Å². The highest BCUT2D eigenvalue weighted by Crippen LogP contribution is 2.20. The Morgan fingerprint density at radius 3 is 2.85 bits per heavy atom. The van der Waals surface area contributed by atoms with E-state index < -0.39 is 0 Å². The van der Waals surface area contributed by atoms with Crippen LogP contribution >= 0.6 is 15.9 Å². The number of nitrogens with zero attached hydrogens (tertiary/aromatic N) is 1. The van der Waals surface area contributed by atoms with E-state index in [2.05, 4.69) is 32.3 Å². The average molecular weight is 333 g/mol. The quantitative estimate of drug-likeness (QED) is 0.876. The molecule has 1 N–H and O–H groups in total. The van der Waals surface area contributed by atoms with Gasteiger partial charge in [0.1, 0.15) is 12.4 Å². The van der Waals surface area contributed by atoms with Gasteiger partial charge in [-0.2, -0.15) is 0 Å². The molecular weight excluding hydrogens is 316 g/mol. The summed E-state index contributed by atoms with van der Waals surface area (Å²) < 4.78 is 6.73. The van der Waals surface area contributed by atoms with Gasteiger partial charge in [0.05, 0.1) is 5.69 Å². The second-order valence-corrected chi connectivity index (χ2v) is 5.97. The Kier molecular flexibility index (Phi) is 4.33. The number of pyridine rings is 1. The van der Waals surface area contributed by atoms with E-state index in [0.29, 0.717) is 6.61 Å². The Balaban J connectivity index is 1.52. The lowest BCUT2D eigenvalue weighted by atomic mass is 10.2. The smallest absolute Gasteiger partial charge is 0.130 e. The third-order valence-electron chi connectivity index (χ3n) is 3.24. The van der Waals surface area contributed by atoms with Crippen molar-refractivity contribution < 1.29 is 4.74 Å². The highest BCUT2D eigenvalue weighted by atomic mass is 79.9. The molecule has 20 heavy (non-hydrogen) atoms. The first-order valence-corrected chi connectivity index (χ1v) is 7.64. The topological polar surface area (TPSA) is 34.1 Å². The van der Waals surface area contributed by atoms with Gasteiger partial charge in [-0.05, 0) is 42.7 Å². The number of aromatic nitrogens is 1. The lowest BCUT2D eigenvalue weighted by Crippen LogP contribution is -2.15. The van der Waals surface area contributed by atoms with Crippen LogP contribution < -0.4 is 10.1 Å². The Hall–Kier alpha value is -1.39. The van der Waals surface area contributed by atoms with Gasteiger partial charge in [-0.3, -0.25) is 4.98 Å². The van der Waals surface area contributed by atoms with Crippen LogP contribution in [0.3, 0.4) is 0 Å². The number of hydrogen-bond acceptors (Lipinski definition) is 3. The zero-order valence-electron chi connectivity index (χ0n) is 11.2. The summed E-state index contributed by atoms with van der Waals surface area (Å²) in [6.45, 7) is 1.40. The molecule has 3 nitrogen and oxygen atoms in total. The maximum absolute atomic E-state index is 5.71. The molecule has 2 aromatic rings. The molecule has 0 aliphatic heterocycles. The van der Waals surface area contributed by atoms with Gasteiger partial charge in [-0.1, -0.05) is 28.1 Å². The lowest BCUT2D eigenvalue weighted by Gasteiger charge is -2.07. The number of benzene rings is 1. The molecule has 0 bridgehead atoms. The number of rotatable bonds is 6. The van der Waals surface area contributed by atoms with Crippen molar-refractivity contribution in [3.63, 3.8) is 0 Å². The molecule has 0 amide bonds. The monoisotopic (exact) mass is 332 g/mol. The summed E-state index contributed by atoms with van der Waals surface area (Å²) >= 11 is 3.43. The normalized spacial score (nSPS) is 14.2. The Labute approximate surface area is 127 Å². The molecule has 1 aliphatic rings. The van der Waals surface area contributed by atoms with E-state index in [4.69, 9.17) is 4.74 Å². The van der Waals surface area contributed by atoms with Gasteiger partial charge < -0.3 is 10.1 Å². The maximum Gasteiger partial charge on any atom is 0.130 e. The third kappa shape index (κ3) is 4.05. The molecule has 1 heterocycles. The first kappa shape index (κ1) is 13.6. The van der Waals surface area contributed by atoms with Crippen LogP contribution in [0.2, 0.25) is 0 Å². The molecule has 1 saturated carbocycles. The SMILES string of the molecule is Brc1cccc(OCc2ccc(CNC3CC3)cn2)c1. The summed E-state index contributed by atoms with van der Waals surface area (Å²) in [5.74, 6) is 0.848. The molecule has 0 atom stereocenters. The fraction of sp³-hybridized carbons (Fsp3) is 0.312. The highest BCUT2D eigenvalue weighted by Gasteiger charge is 2.19. The van der Waals surface area contributed by atoms with Gasteiger partial charge in [0.25, 0.3) is 0 Å². The van der Waals surface area contributed by atoms with Crippen LogP contribution in [-0.4, -0.2) is 11.0 Å². The predicted octanol–water partition coefficient (Wildman–Crippen LogP) is 3.68. The van der Waals surface area contributed by atoms with Crippen molar-refractivity contribution in [2.24, 2.45) is 0 Å². The molecule has 0 saturated heterocycles. The molecule has 1 aromatic heterocycles. The molecule has 0 spiro atoms. The summed E-state index contributed by atoms with van der Waals surface area (Å²) in [5.41, 5.74) is 2.17. The van der Waals surface area contributed by atoms with Crippen LogP contribution in [0.15, 0.2) is 47.1 Å². The fourth-order valence-electron chi connectivity index (χ4n) is 1.91. The molecule has 1 fully saturated rings. The zero-order valence-corrected chi connectivity index (χ0v) is 12.8. The van der Waals surface area contributed by atoms with Crippen molar-refractivity contribution >= 4 is 15.9 Å². The molecular formula is C16H17BrN2O. The van der Waals surface area contributed by atoms with Crippen LogP contribution in [-0.2, 0) is 13.2 Å². The standard InChI is InChI=1S/C16H17BrN2O/c17-13-2-1-3-16(8-13)20-11-15-5-4-12(10-19-15)9-18-14-6-7-14/h1-5,8,10,14,18H,6-7,9,11H2. The summed E-state index contributed by atoms with van der Waals surface area (Å²) in [7, 11) is 0. The van der Waals surface area contributed by atoms with Crippen LogP contribution in [0.25, 0.3) is 0 Å². The lowest BCUT2D eigenvalue weighted by molar-refractivity contribution is 0.301. The van der Waals surface area contributed by atoms with Crippen LogP contribution in [0.5, 0.6) is 5.75 Å². The van der Waals surface area contributed by atoms with Gasteiger partial charge >= 0.3 is 0 Å². The van der Waals surface area contributed by atoms with Gasteiger partial charge in [0.15, 0.2) is 0 Å². The number of ether oxygens (including phenoxy) is 1. The second-order valence-electron chi connectivity index (χ2n) is 5.06. The largest absolute Gasteiger partial charge is 0.487 e. The molecule has 0 unspecified atom stereocenters. The van der Waals surface area contributed by atoms with Crippen molar-refractivity contribution in [2.75, 3.05) is 0 Å². The summed E-state index contributed by atoms with van der Waals surface area (Å²) in [6, 6.07) is 12.7. The minimum Gasteiger partial charge on any atom is -0.487 e. The molecule has 3 rings (SSSR count). The van der Waals surface area contributed by atoms with Gasteiger partial charge in [0, 0.05) is 23.3 Å². The fourth-order valence-corrected chi connectivity index (χ4v) is 2.29. The van der Waals surface area contributed by atoms with Crippen molar-refractivity contribution in [2.45, 2.75) is 32.0 Å². The van der Waals surface area contributed by atoms with E-state index in [1.54, 1.807) is 0 Å². The molecule has 104 valence electrons. The van der Waals surface area contributed by atoms with Crippen LogP contribution in [0, 0.1) is 0 Å². The van der Waals surface area contributed by atoms with E-state index in [1.807, 2.05) is 36.5 Å². The molecule has 4 heteroatoms. The van der Waals surface area contributed by atoms with Crippen LogP contribution in [0.1, 0.15) is 24.1 Å². The zero-order chi connectivity index (χ0) is 13.8. The third-order valence-corrected chi connectivity index (χ3v) is 3.73. The number of nitrogens with one attached hydrogen (secondary N) is 1. The maximum atomic E-state index is 5.71. The van der Waals surface area contributed by atoms with E-state index in [9.17, 15) is 0 Å². The summed E-state index contributed by atoms with van der Waals surface area (Å²) in [5, 5.41) is 3.48. The minimum atomic E-state index is 0.493. The van der Waals surface area contributed by atoms with E-state index in [1.165, 1.54) is 18.4 Å². The molecule has 1 aliphatic carbocycles. The molecule has 0 radical (unpaired) electrons. The number of halogens is 1. The first-order chi connectivity index (χ1) is 9.79. The van der Waals surface area contributed by atoms with Gasteiger partial charge in [-0.15, -0.1) is 0 Å². The van der Waals surface area contributed by atoms with Gasteiger partial charge in [-0.25, -0.2) is 0 Å². The predicted molar refractivity (Wildman–Crippen MR) is 82.6 cm³/mol. The van der Waals surface area contributed by atoms with Crippen molar-refractivity contribution in [1.82, 2.24) is 10.3 Å². The highest BCUT2D eigenvalue weighted by molar-refractivity contribution is 9.10. The minimum absolute atomic E-state index is 0.493. The number of hydrogen-bond donors (Lipinski definition) is 1. The van der Waals surface area contributed by atoms with E-state index in [0.717, 1.165) is 28.5 Å². The van der Waals surface area contributed by atoms with Crippen LogP contribution in [0.4, 0.5) is 0 Å². The summed E-state index contributed by atoms with van der Waals surface area (Å²) in [4.78, 5) is 4.44. The van der Waals surface area contributed by atoms with E-state index in [-0.39, 0.29) is 0 Å². The van der Waals surface area contributed by atoms with Crippen molar-refractivity contribution in [3.05, 3.63) is 58.3 Å². The Morgan fingerprint density at radius 1 is 1.25 bits per heavy atom.